The number of nitrogens with zero attached hydrogens (tertiary/aromatic N) is 1. The number of anilines is 1. The normalized spacial score (nSPS) is 20.3. The first-order valence-corrected chi connectivity index (χ1v) is 6.19. The second-order valence-electron chi connectivity index (χ2n) is 4.19. The minimum atomic E-state index is 0.232. The fourth-order valence-electron chi connectivity index (χ4n) is 2.04. The molecule has 1 aliphatic rings. The number of aliphatic hydroxyl groups excluding tert-OH is 1. The molecule has 0 saturated heterocycles. The second-order valence-corrected chi connectivity index (χ2v) is 5.22. The monoisotopic (exact) mass is 223 g/mol. The number of likely N-dealkylation sites (N-methyl/N-ethyl adjacent to an activating group) is 1. The number of thioether (sulfide) groups is 1. The quantitative estimate of drug-likeness (QED) is 0.789. The van der Waals surface area contributed by atoms with Crippen molar-refractivity contribution in [1.29, 1.82) is 0 Å². The fourth-order valence-corrected chi connectivity index (χ4v) is 3.37. The van der Waals surface area contributed by atoms with E-state index in [9.17, 15) is 5.11 Å². The van der Waals surface area contributed by atoms with Crippen LogP contribution >= 0.6 is 11.8 Å². The van der Waals surface area contributed by atoms with E-state index in [4.69, 9.17) is 0 Å². The van der Waals surface area contributed by atoms with Crippen molar-refractivity contribution in [3.8, 4) is 0 Å². The van der Waals surface area contributed by atoms with E-state index in [1.54, 1.807) is 0 Å². The Morgan fingerprint density at radius 2 is 2.20 bits per heavy atom. The Labute approximate surface area is 95.3 Å². The maximum atomic E-state index is 9.27. The van der Waals surface area contributed by atoms with Gasteiger partial charge in [-0.05, 0) is 31.0 Å². The number of aryl methyl sites for hydroxylation is 2. The van der Waals surface area contributed by atoms with Gasteiger partial charge in [0.15, 0.2) is 0 Å². The zero-order valence-corrected chi connectivity index (χ0v) is 10.3. The molecule has 3 heteroatoms. The highest BCUT2D eigenvalue weighted by Gasteiger charge is 2.24. The van der Waals surface area contributed by atoms with Crippen LogP contribution in [0.5, 0.6) is 0 Å². The molecule has 0 amide bonds. The second kappa shape index (κ2) is 4.06. The lowest BCUT2D eigenvalue weighted by Gasteiger charge is -2.35. The predicted octanol–water partition coefficient (Wildman–Crippen LogP) is 2.21. The van der Waals surface area contributed by atoms with Crippen LogP contribution in [0.3, 0.4) is 0 Å². The largest absolute Gasteiger partial charge is 0.394 e. The topological polar surface area (TPSA) is 23.5 Å². The maximum Gasteiger partial charge on any atom is 0.0643 e. The molecule has 1 unspecified atom stereocenters. The molecule has 15 heavy (non-hydrogen) atoms. The van der Waals surface area contributed by atoms with Crippen molar-refractivity contribution in [2.24, 2.45) is 0 Å². The first-order valence-electron chi connectivity index (χ1n) is 5.21. The first kappa shape index (κ1) is 10.8. The summed E-state index contributed by atoms with van der Waals surface area (Å²) in [5, 5.41) is 9.27. The molecule has 82 valence electrons. The van der Waals surface area contributed by atoms with Crippen molar-refractivity contribution in [2.75, 3.05) is 24.3 Å². The van der Waals surface area contributed by atoms with Crippen LogP contribution in [0.25, 0.3) is 0 Å². The molecule has 0 spiro atoms. The van der Waals surface area contributed by atoms with E-state index in [2.05, 4.69) is 37.9 Å². The van der Waals surface area contributed by atoms with Gasteiger partial charge in [0.1, 0.15) is 0 Å². The molecular weight excluding hydrogens is 206 g/mol. The molecule has 1 aromatic carbocycles. The van der Waals surface area contributed by atoms with E-state index < -0.39 is 0 Å². The fraction of sp³-hybridized carbons (Fsp3) is 0.500. The number of hydrogen-bond donors (Lipinski definition) is 1. The molecule has 1 N–H and O–H groups in total. The summed E-state index contributed by atoms with van der Waals surface area (Å²) in [5.74, 6) is 0.976. The highest BCUT2D eigenvalue weighted by molar-refractivity contribution is 7.99. The lowest BCUT2D eigenvalue weighted by molar-refractivity contribution is 0.271. The number of aliphatic hydroxyl groups is 1. The molecule has 0 bridgehead atoms. The third kappa shape index (κ3) is 1.86. The Balaban J connectivity index is 2.46. The van der Waals surface area contributed by atoms with Gasteiger partial charge in [-0.1, -0.05) is 6.07 Å². The molecule has 1 aliphatic heterocycles. The lowest BCUT2D eigenvalue weighted by Crippen LogP contribution is -2.39. The summed E-state index contributed by atoms with van der Waals surface area (Å²) in [6.07, 6.45) is 0. The predicted molar refractivity (Wildman–Crippen MR) is 65.9 cm³/mol. The highest BCUT2D eigenvalue weighted by atomic mass is 32.2. The van der Waals surface area contributed by atoms with Gasteiger partial charge >= 0.3 is 0 Å². The van der Waals surface area contributed by atoms with E-state index in [1.165, 1.54) is 21.7 Å². The summed E-state index contributed by atoms with van der Waals surface area (Å²) in [6.45, 7) is 4.51. The number of rotatable bonds is 1. The number of benzene rings is 1. The molecule has 0 fully saturated rings. The Morgan fingerprint density at radius 3 is 2.87 bits per heavy atom. The van der Waals surface area contributed by atoms with Gasteiger partial charge in [-0.25, -0.2) is 0 Å². The van der Waals surface area contributed by atoms with Gasteiger partial charge in [-0.2, -0.15) is 0 Å². The molecular formula is C12H17NOS. The third-order valence-electron chi connectivity index (χ3n) is 2.96. The van der Waals surface area contributed by atoms with Crippen LogP contribution in [-0.4, -0.2) is 30.6 Å². The van der Waals surface area contributed by atoms with E-state index in [0.717, 1.165) is 5.75 Å². The Morgan fingerprint density at radius 1 is 1.47 bits per heavy atom. The molecule has 0 aliphatic carbocycles. The molecule has 0 saturated carbocycles. The number of hydrogen-bond acceptors (Lipinski definition) is 3. The van der Waals surface area contributed by atoms with Crippen molar-refractivity contribution in [3.63, 3.8) is 0 Å². The van der Waals surface area contributed by atoms with E-state index in [-0.39, 0.29) is 12.6 Å². The van der Waals surface area contributed by atoms with Crippen molar-refractivity contribution < 1.29 is 5.11 Å². The van der Waals surface area contributed by atoms with Gasteiger partial charge in [0, 0.05) is 17.7 Å². The minimum Gasteiger partial charge on any atom is -0.394 e. The first-order chi connectivity index (χ1) is 7.13. The van der Waals surface area contributed by atoms with Gasteiger partial charge in [0.2, 0.25) is 0 Å². The summed E-state index contributed by atoms with van der Waals surface area (Å²) in [4.78, 5) is 3.57. The van der Waals surface area contributed by atoms with E-state index >= 15 is 0 Å². The minimum absolute atomic E-state index is 0.232. The molecule has 1 aromatic rings. The van der Waals surface area contributed by atoms with Crippen LogP contribution in [-0.2, 0) is 0 Å². The average Bonchev–Trinajstić information content (AvgIpc) is 2.19. The summed E-state index contributed by atoms with van der Waals surface area (Å²) in [6, 6.07) is 4.68. The van der Waals surface area contributed by atoms with Gasteiger partial charge in [0.05, 0.1) is 18.3 Å². The van der Waals surface area contributed by atoms with Gasteiger partial charge in [-0.15, -0.1) is 11.8 Å². The van der Waals surface area contributed by atoms with Crippen molar-refractivity contribution in [1.82, 2.24) is 0 Å². The Kier molecular flexibility index (Phi) is 2.94. The summed E-state index contributed by atoms with van der Waals surface area (Å²) in [5.41, 5.74) is 3.90. The van der Waals surface area contributed by atoms with Crippen LogP contribution < -0.4 is 4.90 Å². The zero-order valence-electron chi connectivity index (χ0n) is 9.45. The standard InChI is InChI=1S/C12H17NOS/c1-8-4-9(2)12-11(5-8)13(3)10(6-14)7-15-12/h4-5,10,14H,6-7H2,1-3H3. The Bertz CT molecular complexity index is 378. The summed E-state index contributed by atoms with van der Waals surface area (Å²) < 4.78 is 0. The van der Waals surface area contributed by atoms with Crippen molar-refractivity contribution in [3.05, 3.63) is 23.3 Å². The SMILES string of the molecule is Cc1cc(C)c2c(c1)N(C)C(CO)CS2. The maximum absolute atomic E-state index is 9.27. The van der Waals surface area contributed by atoms with E-state index in [1.807, 2.05) is 11.8 Å². The van der Waals surface area contributed by atoms with E-state index in [0.29, 0.717) is 0 Å². The van der Waals surface area contributed by atoms with Crippen LogP contribution in [0.1, 0.15) is 11.1 Å². The van der Waals surface area contributed by atoms with Crippen LogP contribution in [0.15, 0.2) is 17.0 Å². The average molecular weight is 223 g/mol. The van der Waals surface area contributed by atoms with Crippen LogP contribution in [0, 0.1) is 13.8 Å². The molecule has 0 aromatic heterocycles. The molecule has 1 atom stereocenters. The lowest BCUT2D eigenvalue weighted by atomic mass is 10.1. The zero-order chi connectivity index (χ0) is 11.0. The highest BCUT2D eigenvalue weighted by Crippen LogP contribution is 2.39. The van der Waals surface area contributed by atoms with Crippen molar-refractivity contribution in [2.45, 2.75) is 24.8 Å². The van der Waals surface area contributed by atoms with Gasteiger partial charge in [-0.3, -0.25) is 0 Å². The van der Waals surface area contributed by atoms with Crippen molar-refractivity contribution >= 4 is 17.4 Å². The summed E-state index contributed by atoms with van der Waals surface area (Å²) >= 11 is 1.86. The van der Waals surface area contributed by atoms with Gasteiger partial charge < -0.3 is 10.0 Å². The molecule has 2 nitrogen and oxygen atoms in total. The number of fused-ring (bicyclic) bond motifs is 1. The smallest absolute Gasteiger partial charge is 0.0643 e. The molecule has 2 rings (SSSR count). The summed E-state index contributed by atoms with van der Waals surface area (Å²) in [7, 11) is 2.07. The van der Waals surface area contributed by atoms with Crippen LogP contribution in [0.2, 0.25) is 0 Å². The molecule has 0 radical (unpaired) electrons. The third-order valence-corrected chi connectivity index (χ3v) is 4.33. The van der Waals surface area contributed by atoms with Crippen LogP contribution in [0.4, 0.5) is 5.69 Å². The Hall–Kier alpha value is -0.670. The molecule has 1 heterocycles. The van der Waals surface area contributed by atoms with Gasteiger partial charge in [0.25, 0.3) is 0 Å².